The number of hydrogen-bond donors (Lipinski definition) is 0. The van der Waals surface area contributed by atoms with Gasteiger partial charge >= 0.3 is 0 Å². The van der Waals surface area contributed by atoms with Crippen molar-refractivity contribution in [3.05, 3.63) is 29.8 Å². The van der Waals surface area contributed by atoms with Gasteiger partial charge in [0.2, 0.25) is 5.91 Å². The molecule has 1 amide bonds. The number of rotatable bonds is 5. The lowest BCUT2D eigenvalue weighted by Gasteiger charge is -2.25. The van der Waals surface area contributed by atoms with E-state index in [2.05, 4.69) is 17.0 Å². The molecule has 3 nitrogen and oxygen atoms in total. The molecule has 0 atom stereocenters. The first-order valence-electron chi connectivity index (χ1n) is 7.71. The van der Waals surface area contributed by atoms with E-state index >= 15 is 0 Å². The molecule has 0 bridgehead atoms. The lowest BCUT2D eigenvalue weighted by Crippen LogP contribution is -2.36. The maximum atomic E-state index is 12.7. The summed E-state index contributed by atoms with van der Waals surface area (Å²) in [5, 5.41) is 0. The van der Waals surface area contributed by atoms with Crippen LogP contribution in [0.4, 0.5) is 0 Å². The lowest BCUT2D eigenvalue weighted by molar-refractivity contribution is -0.136. The Hall–Kier alpha value is -1.51. The Morgan fingerprint density at radius 3 is 2.35 bits per heavy atom. The number of nitrogens with zero attached hydrogens (tertiary/aromatic N) is 1. The van der Waals surface area contributed by atoms with Crippen LogP contribution in [0.15, 0.2) is 24.3 Å². The molecule has 1 aromatic rings. The van der Waals surface area contributed by atoms with Gasteiger partial charge in [0.1, 0.15) is 5.75 Å². The molecule has 2 aliphatic carbocycles. The van der Waals surface area contributed by atoms with Crippen molar-refractivity contribution >= 4 is 5.91 Å². The summed E-state index contributed by atoms with van der Waals surface area (Å²) in [5.74, 6) is 1.54. The van der Waals surface area contributed by atoms with Gasteiger partial charge in [-0.05, 0) is 43.4 Å². The number of methoxy groups -OCH3 is 1. The Morgan fingerprint density at radius 1 is 1.15 bits per heavy atom. The standard InChI is InChI=1S/C17H23NO2/c1-20-16-10-6-13(7-11-16)12-18(15-8-9-15)17(19)14-4-2-3-5-14/h6-7,10-11,14-15H,2-5,8-9,12H2,1H3. The molecule has 2 saturated carbocycles. The van der Waals surface area contributed by atoms with Gasteiger partial charge in [-0.25, -0.2) is 0 Å². The van der Waals surface area contributed by atoms with E-state index in [0.29, 0.717) is 11.9 Å². The Kier molecular flexibility index (Phi) is 3.95. The van der Waals surface area contributed by atoms with Crippen LogP contribution in [0.25, 0.3) is 0 Å². The van der Waals surface area contributed by atoms with Crippen molar-refractivity contribution in [2.24, 2.45) is 5.92 Å². The summed E-state index contributed by atoms with van der Waals surface area (Å²) in [5.41, 5.74) is 1.20. The van der Waals surface area contributed by atoms with Gasteiger partial charge in [-0.1, -0.05) is 25.0 Å². The van der Waals surface area contributed by atoms with Crippen LogP contribution in [-0.2, 0) is 11.3 Å². The number of carbonyl (C=O) groups is 1. The molecule has 0 heterocycles. The fourth-order valence-electron chi connectivity index (χ4n) is 3.11. The van der Waals surface area contributed by atoms with Crippen molar-refractivity contribution in [1.82, 2.24) is 4.90 Å². The molecule has 2 fully saturated rings. The van der Waals surface area contributed by atoms with Crippen LogP contribution >= 0.6 is 0 Å². The summed E-state index contributed by atoms with van der Waals surface area (Å²) in [7, 11) is 1.68. The Balaban J connectivity index is 1.68. The van der Waals surface area contributed by atoms with Crippen LogP contribution in [0, 0.1) is 5.92 Å². The molecule has 3 rings (SSSR count). The first kappa shape index (κ1) is 13.5. The zero-order chi connectivity index (χ0) is 13.9. The second-order valence-electron chi connectivity index (χ2n) is 6.03. The molecule has 108 valence electrons. The van der Waals surface area contributed by atoms with Gasteiger partial charge in [0.15, 0.2) is 0 Å². The van der Waals surface area contributed by atoms with Gasteiger partial charge in [-0.3, -0.25) is 4.79 Å². The van der Waals surface area contributed by atoms with Crippen LogP contribution < -0.4 is 4.74 Å². The van der Waals surface area contributed by atoms with Gasteiger partial charge in [0.25, 0.3) is 0 Å². The van der Waals surface area contributed by atoms with Crippen molar-refractivity contribution < 1.29 is 9.53 Å². The molecular formula is C17H23NO2. The fourth-order valence-corrected chi connectivity index (χ4v) is 3.11. The summed E-state index contributed by atoms with van der Waals surface area (Å²) >= 11 is 0. The summed E-state index contributed by atoms with van der Waals surface area (Å²) in [6.45, 7) is 0.754. The molecule has 0 spiro atoms. The van der Waals surface area contributed by atoms with Gasteiger partial charge < -0.3 is 9.64 Å². The van der Waals surface area contributed by atoms with Crippen molar-refractivity contribution in [3.8, 4) is 5.75 Å². The summed E-state index contributed by atoms with van der Waals surface area (Å²) in [4.78, 5) is 14.8. The quantitative estimate of drug-likeness (QED) is 0.823. The van der Waals surface area contributed by atoms with Crippen LogP contribution in [0.5, 0.6) is 5.75 Å². The van der Waals surface area contributed by atoms with E-state index in [1.54, 1.807) is 7.11 Å². The smallest absolute Gasteiger partial charge is 0.226 e. The lowest BCUT2D eigenvalue weighted by atomic mass is 10.1. The number of benzene rings is 1. The Morgan fingerprint density at radius 2 is 1.80 bits per heavy atom. The number of hydrogen-bond acceptors (Lipinski definition) is 2. The Labute approximate surface area is 120 Å². The van der Waals surface area contributed by atoms with E-state index in [4.69, 9.17) is 4.74 Å². The van der Waals surface area contributed by atoms with E-state index in [0.717, 1.165) is 25.1 Å². The SMILES string of the molecule is COc1ccc(CN(C(=O)C2CCCC2)C2CC2)cc1. The zero-order valence-corrected chi connectivity index (χ0v) is 12.2. The average Bonchev–Trinajstić information content (AvgIpc) is 3.18. The molecule has 20 heavy (non-hydrogen) atoms. The van der Waals surface area contributed by atoms with E-state index in [-0.39, 0.29) is 5.92 Å². The van der Waals surface area contributed by atoms with Crippen LogP contribution in [0.2, 0.25) is 0 Å². The van der Waals surface area contributed by atoms with Crippen LogP contribution in [0.3, 0.4) is 0 Å². The van der Waals surface area contributed by atoms with Crippen LogP contribution in [-0.4, -0.2) is 24.0 Å². The topological polar surface area (TPSA) is 29.5 Å². The van der Waals surface area contributed by atoms with Gasteiger partial charge in [-0.2, -0.15) is 0 Å². The molecule has 0 aromatic heterocycles. The highest BCUT2D eigenvalue weighted by Gasteiger charge is 2.36. The van der Waals surface area contributed by atoms with E-state index in [1.165, 1.54) is 31.2 Å². The highest BCUT2D eigenvalue weighted by atomic mass is 16.5. The van der Waals surface area contributed by atoms with Crippen molar-refractivity contribution in [1.29, 1.82) is 0 Å². The third-order valence-electron chi connectivity index (χ3n) is 4.49. The van der Waals surface area contributed by atoms with Crippen molar-refractivity contribution in [2.75, 3.05) is 7.11 Å². The maximum absolute atomic E-state index is 12.7. The second-order valence-corrected chi connectivity index (χ2v) is 6.03. The van der Waals surface area contributed by atoms with Crippen LogP contribution in [0.1, 0.15) is 44.1 Å². The molecule has 0 unspecified atom stereocenters. The predicted octanol–water partition coefficient (Wildman–Crippen LogP) is 3.38. The van der Waals surface area contributed by atoms with Crippen molar-refractivity contribution in [2.45, 2.75) is 51.1 Å². The van der Waals surface area contributed by atoms with E-state index < -0.39 is 0 Å². The second kappa shape index (κ2) is 5.86. The molecule has 1 aromatic carbocycles. The van der Waals surface area contributed by atoms with Gasteiger partial charge in [-0.15, -0.1) is 0 Å². The van der Waals surface area contributed by atoms with E-state index in [1.807, 2.05) is 12.1 Å². The minimum Gasteiger partial charge on any atom is -0.497 e. The minimum atomic E-state index is 0.286. The summed E-state index contributed by atoms with van der Waals surface area (Å²) < 4.78 is 5.18. The molecule has 0 N–H and O–H groups in total. The van der Waals surface area contributed by atoms with Crippen molar-refractivity contribution in [3.63, 3.8) is 0 Å². The monoisotopic (exact) mass is 273 g/mol. The first-order chi connectivity index (χ1) is 9.78. The molecule has 3 heteroatoms. The number of amides is 1. The van der Waals surface area contributed by atoms with E-state index in [9.17, 15) is 4.79 Å². The number of ether oxygens (including phenoxy) is 1. The average molecular weight is 273 g/mol. The molecule has 2 aliphatic rings. The largest absolute Gasteiger partial charge is 0.497 e. The first-order valence-corrected chi connectivity index (χ1v) is 7.71. The van der Waals surface area contributed by atoms with Gasteiger partial charge in [0.05, 0.1) is 7.11 Å². The highest BCUT2D eigenvalue weighted by Crippen LogP contribution is 2.34. The number of carbonyl (C=O) groups excluding carboxylic acids is 1. The molecule has 0 saturated heterocycles. The fraction of sp³-hybridized carbons (Fsp3) is 0.588. The molecule has 0 aliphatic heterocycles. The molecular weight excluding hydrogens is 250 g/mol. The van der Waals surface area contributed by atoms with Gasteiger partial charge in [0, 0.05) is 18.5 Å². The molecule has 0 radical (unpaired) electrons. The third kappa shape index (κ3) is 2.97. The minimum absolute atomic E-state index is 0.286. The third-order valence-corrected chi connectivity index (χ3v) is 4.49. The maximum Gasteiger partial charge on any atom is 0.226 e. The zero-order valence-electron chi connectivity index (χ0n) is 12.2. The predicted molar refractivity (Wildman–Crippen MR) is 78.5 cm³/mol. The normalized spacial score (nSPS) is 19.1. The summed E-state index contributed by atoms with van der Waals surface area (Å²) in [6.07, 6.45) is 6.97. The Bertz CT molecular complexity index is 458. The summed E-state index contributed by atoms with van der Waals surface area (Å²) in [6, 6.07) is 8.57. The highest BCUT2D eigenvalue weighted by molar-refractivity contribution is 5.79.